The average Bonchev–Trinajstić information content (AvgIpc) is 2.56. The second-order valence-corrected chi connectivity index (χ2v) is 6.40. The van der Waals surface area contributed by atoms with Gasteiger partial charge >= 0.3 is 0 Å². The minimum absolute atomic E-state index is 0.140. The fourth-order valence-electron chi connectivity index (χ4n) is 1.64. The number of hydrogen-bond acceptors (Lipinski definition) is 3. The lowest BCUT2D eigenvalue weighted by molar-refractivity contribution is -0.128. The van der Waals surface area contributed by atoms with Gasteiger partial charge in [0.05, 0.1) is 10.3 Å². The number of halogens is 1. The van der Waals surface area contributed by atoms with Crippen molar-refractivity contribution in [2.45, 2.75) is 25.4 Å². The Morgan fingerprint density at radius 3 is 2.87 bits per heavy atom. The van der Waals surface area contributed by atoms with Gasteiger partial charge in [0.15, 0.2) is 0 Å². The van der Waals surface area contributed by atoms with Crippen molar-refractivity contribution in [1.29, 1.82) is 0 Å². The van der Waals surface area contributed by atoms with Crippen LogP contribution in [-0.4, -0.2) is 11.9 Å². The van der Waals surface area contributed by atoms with Crippen LogP contribution >= 0.6 is 27.3 Å². The number of amides is 1. The standard InChI is InChI=1S/C10H13BrN2OS/c11-9-2-1-8(15-9)5-13-10(14)6-3-7(12)4-6/h1-2,6-7H,3-5,12H2,(H,13,14). The van der Waals surface area contributed by atoms with E-state index >= 15 is 0 Å². The molecular weight excluding hydrogens is 276 g/mol. The van der Waals surface area contributed by atoms with Gasteiger partial charge in [-0.3, -0.25) is 4.79 Å². The van der Waals surface area contributed by atoms with E-state index < -0.39 is 0 Å². The molecule has 1 aromatic heterocycles. The maximum atomic E-state index is 11.6. The maximum Gasteiger partial charge on any atom is 0.223 e. The molecule has 5 heteroatoms. The predicted molar refractivity (Wildman–Crippen MR) is 64.6 cm³/mol. The highest BCUT2D eigenvalue weighted by Crippen LogP contribution is 2.26. The van der Waals surface area contributed by atoms with Gasteiger partial charge in [0.25, 0.3) is 0 Å². The lowest BCUT2D eigenvalue weighted by Crippen LogP contribution is -2.44. The van der Waals surface area contributed by atoms with Crippen LogP contribution in [0.2, 0.25) is 0 Å². The Bertz CT molecular complexity index is 360. The van der Waals surface area contributed by atoms with Crippen molar-refractivity contribution >= 4 is 33.2 Å². The zero-order valence-electron chi connectivity index (χ0n) is 8.20. The van der Waals surface area contributed by atoms with Crippen molar-refractivity contribution in [2.24, 2.45) is 11.7 Å². The Kier molecular flexibility index (Phi) is 3.43. The molecule has 0 atom stereocenters. The first-order valence-corrected chi connectivity index (χ1v) is 6.53. The number of nitrogens with one attached hydrogen (secondary N) is 1. The number of hydrogen-bond donors (Lipinski definition) is 2. The Hall–Kier alpha value is -0.390. The molecule has 1 aliphatic carbocycles. The van der Waals surface area contributed by atoms with Gasteiger partial charge in [-0.05, 0) is 40.9 Å². The number of rotatable bonds is 3. The van der Waals surface area contributed by atoms with Gasteiger partial charge < -0.3 is 11.1 Å². The van der Waals surface area contributed by atoms with Crippen molar-refractivity contribution < 1.29 is 4.79 Å². The highest BCUT2D eigenvalue weighted by Gasteiger charge is 2.31. The molecule has 1 amide bonds. The van der Waals surface area contributed by atoms with E-state index in [4.69, 9.17) is 5.73 Å². The van der Waals surface area contributed by atoms with E-state index in [2.05, 4.69) is 21.2 Å². The number of carbonyl (C=O) groups is 1. The average molecular weight is 289 g/mol. The van der Waals surface area contributed by atoms with E-state index in [1.54, 1.807) is 11.3 Å². The molecule has 15 heavy (non-hydrogen) atoms. The van der Waals surface area contributed by atoms with Crippen LogP contribution in [0.5, 0.6) is 0 Å². The summed E-state index contributed by atoms with van der Waals surface area (Å²) >= 11 is 5.03. The maximum absolute atomic E-state index is 11.6. The molecule has 0 aliphatic heterocycles. The Morgan fingerprint density at radius 1 is 1.60 bits per heavy atom. The first kappa shape index (κ1) is 11.1. The van der Waals surface area contributed by atoms with Gasteiger partial charge in [-0.15, -0.1) is 11.3 Å². The van der Waals surface area contributed by atoms with Gasteiger partial charge in [-0.25, -0.2) is 0 Å². The molecule has 2 rings (SSSR count). The van der Waals surface area contributed by atoms with Crippen LogP contribution in [0.3, 0.4) is 0 Å². The van der Waals surface area contributed by atoms with E-state index in [0.717, 1.165) is 16.6 Å². The Morgan fingerprint density at radius 2 is 2.33 bits per heavy atom. The molecule has 82 valence electrons. The van der Waals surface area contributed by atoms with Crippen LogP contribution in [0.4, 0.5) is 0 Å². The van der Waals surface area contributed by atoms with E-state index in [-0.39, 0.29) is 17.9 Å². The fourth-order valence-corrected chi connectivity index (χ4v) is 3.06. The first-order chi connectivity index (χ1) is 7.15. The predicted octanol–water partition coefficient (Wildman–Crippen LogP) is 1.86. The van der Waals surface area contributed by atoms with Crippen LogP contribution in [0, 0.1) is 5.92 Å². The van der Waals surface area contributed by atoms with Gasteiger partial charge in [-0.2, -0.15) is 0 Å². The van der Waals surface area contributed by atoms with Gasteiger partial charge in [0, 0.05) is 16.8 Å². The largest absolute Gasteiger partial charge is 0.351 e. The lowest BCUT2D eigenvalue weighted by atomic mass is 9.80. The highest BCUT2D eigenvalue weighted by molar-refractivity contribution is 9.11. The molecule has 0 bridgehead atoms. The molecule has 3 nitrogen and oxygen atoms in total. The van der Waals surface area contributed by atoms with Crippen molar-refractivity contribution in [2.75, 3.05) is 0 Å². The topological polar surface area (TPSA) is 55.1 Å². The van der Waals surface area contributed by atoms with Crippen LogP contribution in [0.1, 0.15) is 17.7 Å². The third-order valence-corrected chi connectivity index (χ3v) is 4.23. The molecule has 1 fully saturated rings. The van der Waals surface area contributed by atoms with E-state index in [0.29, 0.717) is 6.54 Å². The molecule has 0 aromatic carbocycles. The Labute approximate surface area is 101 Å². The molecule has 0 unspecified atom stereocenters. The number of nitrogens with two attached hydrogens (primary N) is 1. The molecule has 1 aromatic rings. The third kappa shape index (κ3) is 2.80. The highest BCUT2D eigenvalue weighted by atomic mass is 79.9. The molecule has 1 aliphatic rings. The summed E-state index contributed by atoms with van der Waals surface area (Å²) in [6, 6.07) is 4.24. The zero-order valence-corrected chi connectivity index (χ0v) is 10.6. The van der Waals surface area contributed by atoms with Crippen molar-refractivity contribution in [1.82, 2.24) is 5.32 Å². The normalized spacial score (nSPS) is 24.7. The van der Waals surface area contributed by atoms with E-state index in [1.807, 2.05) is 12.1 Å². The summed E-state index contributed by atoms with van der Waals surface area (Å²) in [6.07, 6.45) is 1.67. The smallest absolute Gasteiger partial charge is 0.223 e. The SMILES string of the molecule is NC1CC(C(=O)NCc2ccc(Br)s2)C1. The van der Waals surface area contributed by atoms with Gasteiger partial charge in [0.2, 0.25) is 5.91 Å². The van der Waals surface area contributed by atoms with Gasteiger partial charge in [0.1, 0.15) is 0 Å². The fraction of sp³-hybridized carbons (Fsp3) is 0.500. The second kappa shape index (κ2) is 4.63. The lowest BCUT2D eigenvalue weighted by Gasteiger charge is -2.30. The van der Waals surface area contributed by atoms with Crippen LogP contribution in [0.15, 0.2) is 15.9 Å². The monoisotopic (exact) mass is 288 g/mol. The minimum atomic E-state index is 0.140. The van der Waals surface area contributed by atoms with Gasteiger partial charge in [-0.1, -0.05) is 0 Å². The summed E-state index contributed by atoms with van der Waals surface area (Å²) in [4.78, 5) is 12.7. The number of thiophene rings is 1. The van der Waals surface area contributed by atoms with Crippen molar-refractivity contribution in [3.63, 3.8) is 0 Å². The second-order valence-electron chi connectivity index (χ2n) is 3.85. The van der Waals surface area contributed by atoms with Crippen molar-refractivity contribution in [3.05, 3.63) is 20.8 Å². The van der Waals surface area contributed by atoms with E-state index in [9.17, 15) is 4.79 Å². The molecule has 0 saturated heterocycles. The quantitative estimate of drug-likeness (QED) is 0.892. The number of carbonyl (C=O) groups excluding carboxylic acids is 1. The van der Waals surface area contributed by atoms with E-state index in [1.165, 1.54) is 4.88 Å². The summed E-state index contributed by atoms with van der Waals surface area (Å²) < 4.78 is 1.09. The molecule has 1 heterocycles. The van der Waals surface area contributed by atoms with Crippen LogP contribution in [0.25, 0.3) is 0 Å². The first-order valence-electron chi connectivity index (χ1n) is 4.92. The molecule has 3 N–H and O–H groups in total. The third-order valence-electron chi connectivity index (χ3n) is 2.61. The summed E-state index contributed by atoms with van der Waals surface area (Å²) in [5.41, 5.74) is 5.63. The van der Waals surface area contributed by atoms with Crippen LogP contribution < -0.4 is 11.1 Å². The molecule has 1 saturated carbocycles. The summed E-state index contributed by atoms with van der Waals surface area (Å²) in [5.74, 6) is 0.282. The molecular formula is C10H13BrN2OS. The summed E-state index contributed by atoms with van der Waals surface area (Å²) in [6.45, 7) is 0.626. The zero-order chi connectivity index (χ0) is 10.8. The molecule has 0 radical (unpaired) electrons. The van der Waals surface area contributed by atoms with Crippen molar-refractivity contribution in [3.8, 4) is 0 Å². The summed E-state index contributed by atoms with van der Waals surface area (Å²) in [7, 11) is 0. The minimum Gasteiger partial charge on any atom is -0.351 e. The van der Waals surface area contributed by atoms with Crippen LogP contribution in [-0.2, 0) is 11.3 Å². The molecule has 0 spiro atoms. The summed E-state index contributed by atoms with van der Waals surface area (Å²) in [5, 5.41) is 2.93. The Balaban J connectivity index is 1.76.